The third-order valence-corrected chi connectivity index (χ3v) is 3.22. The Hall–Kier alpha value is -2.14. The number of hydrogen-bond acceptors (Lipinski definition) is 2. The highest BCUT2D eigenvalue weighted by molar-refractivity contribution is 9.10. The molecule has 1 aromatic carbocycles. The van der Waals surface area contributed by atoms with Gasteiger partial charge in [-0.1, -0.05) is 30.3 Å². The number of aromatic amines is 1. The molecule has 0 amide bonds. The first kappa shape index (κ1) is 11.9. The van der Waals surface area contributed by atoms with Crippen molar-refractivity contribution in [3.05, 3.63) is 69.6 Å². The zero-order valence-corrected chi connectivity index (χ0v) is 11.5. The van der Waals surface area contributed by atoms with E-state index in [1.165, 1.54) is 4.68 Å². The molecule has 94 valence electrons. The van der Waals surface area contributed by atoms with Gasteiger partial charge in [0.1, 0.15) is 0 Å². The number of rotatable bonds is 2. The highest BCUT2D eigenvalue weighted by Crippen LogP contribution is 2.15. The lowest BCUT2D eigenvalue weighted by Gasteiger charge is -2.01. The molecule has 0 spiro atoms. The summed E-state index contributed by atoms with van der Waals surface area (Å²) >= 11 is 3.32. The van der Waals surface area contributed by atoms with Crippen molar-refractivity contribution in [3.63, 3.8) is 0 Å². The topological polar surface area (TPSA) is 50.7 Å². The Bertz CT molecular complexity index is 744. The number of aromatic nitrogens is 3. The average Bonchev–Trinajstić information content (AvgIpc) is 2.83. The minimum atomic E-state index is -0.131. The molecule has 5 heteroatoms. The van der Waals surface area contributed by atoms with E-state index in [9.17, 15) is 4.79 Å². The molecule has 3 rings (SSSR count). The molecular formula is C14H10BrN3O. The SMILES string of the molecule is O=c1cc(-c2ccccc2)[nH]n1-c1ccc(Br)cn1. The minimum Gasteiger partial charge on any atom is -0.289 e. The second-order valence-corrected chi connectivity index (χ2v) is 4.96. The molecule has 0 bridgehead atoms. The van der Waals surface area contributed by atoms with Gasteiger partial charge >= 0.3 is 0 Å². The van der Waals surface area contributed by atoms with E-state index in [0.29, 0.717) is 5.82 Å². The van der Waals surface area contributed by atoms with Crippen LogP contribution in [0, 0.1) is 0 Å². The number of hydrogen-bond donors (Lipinski definition) is 1. The minimum absolute atomic E-state index is 0.131. The van der Waals surface area contributed by atoms with Gasteiger partial charge in [-0.15, -0.1) is 0 Å². The van der Waals surface area contributed by atoms with Crippen molar-refractivity contribution in [2.75, 3.05) is 0 Å². The lowest BCUT2D eigenvalue weighted by atomic mass is 10.2. The van der Waals surface area contributed by atoms with Crippen LogP contribution in [0.15, 0.2) is 64.0 Å². The summed E-state index contributed by atoms with van der Waals surface area (Å²) in [5.74, 6) is 0.565. The molecule has 0 saturated heterocycles. The van der Waals surface area contributed by atoms with Crippen LogP contribution in [-0.4, -0.2) is 14.8 Å². The molecule has 2 heterocycles. The first-order valence-corrected chi connectivity index (χ1v) is 6.53. The van der Waals surface area contributed by atoms with E-state index in [1.54, 1.807) is 18.3 Å². The Morgan fingerprint density at radius 2 is 1.89 bits per heavy atom. The van der Waals surface area contributed by atoms with Crippen LogP contribution in [0.1, 0.15) is 0 Å². The fourth-order valence-corrected chi connectivity index (χ4v) is 2.07. The molecule has 0 aliphatic rings. The maximum atomic E-state index is 12.0. The Kier molecular flexibility index (Phi) is 3.05. The molecule has 2 aromatic heterocycles. The summed E-state index contributed by atoms with van der Waals surface area (Å²) < 4.78 is 2.30. The molecule has 1 N–H and O–H groups in total. The fraction of sp³-hybridized carbons (Fsp3) is 0. The summed E-state index contributed by atoms with van der Waals surface area (Å²) in [6.45, 7) is 0. The largest absolute Gasteiger partial charge is 0.289 e. The predicted octanol–water partition coefficient (Wildman–Crippen LogP) is 2.99. The Morgan fingerprint density at radius 3 is 2.58 bits per heavy atom. The van der Waals surface area contributed by atoms with Crippen molar-refractivity contribution >= 4 is 15.9 Å². The Morgan fingerprint density at radius 1 is 1.11 bits per heavy atom. The lowest BCUT2D eigenvalue weighted by Crippen LogP contribution is -2.14. The Labute approximate surface area is 117 Å². The monoisotopic (exact) mass is 315 g/mol. The number of nitrogens with zero attached hydrogens (tertiary/aromatic N) is 2. The molecule has 0 atom stereocenters. The molecule has 0 radical (unpaired) electrons. The van der Waals surface area contributed by atoms with Gasteiger partial charge in [-0.25, -0.2) is 9.67 Å². The number of halogens is 1. The lowest BCUT2D eigenvalue weighted by molar-refractivity contribution is 0.821. The van der Waals surface area contributed by atoms with E-state index >= 15 is 0 Å². The van der Waals surface area contributed by atoms with Gasteiger partial charge < -0.3 is 0 Å². The van der Waals surface area contributed by atoms with Crippen molar-refractivity contribution in [1.29, 1.82) is 0 Å². The Balaban J connectivity index is 2.08. The standard InChI is InChI=1S/C14H10BrN3O/c15-11-6-7-13(16-9-11)18-14(19)8-12(17-18)10-4-2-1-3-5-10/h1-9,17H. The zero-order chi connectivity index (χ0) is 13.2. The summed E-state index contributed by atoms with van der Waals surface area (Å²) in [5.41, 5.74) is 1.61. The smallest absolute Gasteiger partial charge is 0.273 e. The van der Waals surface area contributed by atoms with Crippen molar-refractivity contribution in [1.82, 2.24) is 14.8 Å². The first-order chi connectivity index (χ1) is 9.24. The van der Waals surface area contributed by atoms with E-state index in [-0.39, 0.29) is 5.56 Å². The summed E-state index contributed by atoms with van der Waals surface area (Å²) in [4.78, 5) is 16.2. The van der Waals surface area contributed by atoms with Crippen molar-refractivity contribution in [2.24, 2.45) is 0 Å². The van der Waals surface area contributed by atoms with Gasteiger partial charge in [0.2, 0.25) is 0 Å². The molecule has 0 unspecified atom stereocenters. The van der Waals surface area contributed by atoms with Gasteiger partial charge in [-0.3, -0.25) is 9.89 Å². The third kappa shape index (κ3) is 2.37. The maximum absolute atomic E-state index is 12.0. The van der Waals surface area contributed by atoms with Crippen LogP contribution in [0.5, 0.6) is 0 Å². The van der Waals surface area contributed by atoms with Crippen molar-refractivity contribution in [2.45, 2.75) is 0 Å². The number of benzene rings is 1. The predicted molar refractivity (Wildman–Crippen MR) is 77.3 cm³/mol. The zero-order valence-electron chi connectivity index (χ0n) is 9.88. The molecule has 3 aromatic rings. The summed E-state index contributed by atoms with van der Waals surface area (Å²) in [7, 11) is 0. The molecule has 0 saturated carbocycles. The van der Waals surface area contributed by atoms with Gasteiger partial charge in [0.15, 0.2) is 5.82 Å². The number of H-pyrrole nitrogens is 1. The van der Waals surface area contributed by atoms with Gasteiger partial charge in [0.05, 0.1) is 5.69 Å². The van der Waals surface area contributed by atoms with Crippen LogP contribution < -0.4 is 5.56 Å². The summed E-state index contributed by atoms with van der Waals surface area (Å²) in [6.07, 6.45) is 1.66. The number of pyridine rings is 1. The second-order valence-electron chi connectivity index (χ2n) is 4.04. The molecule has 0 aliphatic heterocycles. The normalized spacial score (nSPS) is 10.6. The van der Waals surface area contributed by atoms with E-state index in [2.05, 4.69) is 26.0 Å². The molecular weight excluding hydrogens is 306 g/mol. The van der Waals surface area contributed by atoms with E-state index in [4.69, 9.17) is 0 Å². The second kappa shape index (κ2) is 4.85. The molecule has 0 fully saturated rings. The highest BCUT2D eigenvalue weighted by atomic mass is 79.9. The molecule has 4 nitrogen and oxygen atoms in total. The van der Waals surface area contributed by atoms with Crippen LogP contribution in [0.4, 0.5) is 0 Å². The molecule has 19 heavy (non-hydrogen) atoms. The van der Waals surface area contributed by atoms with E-state index in [0.717, 1.165) is 15.7 Å². The number of nitrogens with one attached hydrogen (secondary N) is 1. The van der Waals surface area contributed by atoms with Crippen molar-refractivity contribution in [3.8, 4) is 17.1 Å². The van der Waals surface area contributed by atoms with Crippen LogP contribution in [0.3, 0.4) is 0 Å². The van der Waals surface area contributed by atoms with Gasteiger partial charge in [-0.05, 0) is 33.6 Å². The highest BCUT2D eigenvalue weighted by Gasteiger charge is 2.07. The van der Waals surface area contributed by atoms with Crippen LogP contribution >= 0.6 is 15.9 Å². The summed E-state index contributed by atoms with van der Waals surface area (Å²) in [5, 5.41) is 3.06. The molecule has 0 aliphatic carbocycles. The van der Waals surface area contributed by atoms with Gasteiger partial charge in [-0.2, -0.15) is 0 Å². The fourth-order valence-electron chi connectivity index (χ4n) is 1.83. The van der Waals surface area contributed by atoms with Crippen LogP contribution in [0.25, 0.3) is 17.1 Å². The van der Waals surface area contributed by atoms with Gasteiger partial charge in [0.25, 0.3) is 5.56 Å². The van der Waals surface area contributed by atoms with Gasteiger partial charge in [0, 0.05) is 16.7 Å². The summed E-state index contributed by atoms with van der Waals surface area (Å²) in [6, 6.07) is 14.9. The van der Waals surface area contributed by atoms with E-state index < -0.39 is 0 Å². The van der Waals surface area contributed by atoms with Crippen molar-refractivity contribution < 1.29 is 0 Å². The van der Waals surface area contributed by atoms with Crippen LogP contribution in [0.2, 0.25) is 0 Å². The first-order valence-electron chi connectivity index (χ1n) is 5.73. The quantitative estimate of drug-likeness (QED) is 0.790. The van der Waals surface area contributed by atoms with Crippen LogP contribution in [-0.2, 0) is 0 Å². The third-order valence-electron chi connectivity index (χ3n) is 2.75. The van der Waals surface area contributed by atoms with E-state index in [1.807, 2.05) is 36.4 Å². The average molecular weight is 316 g/mol. The maximum Gasteiger partial charge on any atom is 0.273 e.